The Hall–Kier alpha value is -2.82. The molecule has 3 heterocycles. The summed E-state index contributed by atoms with van der Waals surface area (Å²) in [6.45, 7) is 5.78. The van der Waals surface area contributed by atoms with Gasteiger partial charge in [0.05, 0.1) is 17.0 Å². The Kier molecular flexibility index (Phi) is 3.94. The molecule has 3 aromatic rings. The molecule has 1 atom stereocenters. The fourth-order valence-corrected chi connectivity index (χ4v) is 3.49. The first kappa shape index (κ1) is 16.6. The van der Waals surface area contributed by atoms with E-state index >= 15 is 0 Å². The van der Waals surface area contributed by atoms with Crippen molar-refractivity contribution in [2.45, 2.75) is 46.1 Å². The number of benzene rings is 1. The van der Waals surface area contributed by atoms with Crippen molar-refractivity contribution < 1.29 is 13.6 Å². The van der Waals surface area contributed by atoms with Gasteiger partial charge in [-0.25, -0.2) is 4.79 Å². The van der Waals surface area contributed by atoms with E-state index in [0.29, 0.717) is 40.0 Å². The van der Waals surface area contributed by atoms with Gasteiger partial charge in [-0.1, -0.05) is 20.3 Å². The summed E-state index contributed by atoms with van der Waals surface area (Å²) >= 11 is 0. The maximum absolute atomic E-state index is 12.7. The number of hydrogen-bond acceptors (Lipinski definition) is 5. The van der Waals surface area contributed by atoms with Crippen LogP contribution in [0, 0.1) is 13.0 Å². The van der Waals surface area contributed by atoms with Crippen LogP contribution >= 0.6 is 0 Å². The van der Waals surface area contributed by atoms with Crippen LogP contribution in [0.25, 0.3) is 28.0 Å². The Balaban J connectivity index is 2.27. The molecule has 1 aromatic carbocycles. The van der Waals surface area contributed by atoms with Crippen LogP contribution in [0.4, 0.5) is 0 Å². The zero-order valence-corrected chi connectivity index (χ0v) is 15.0. The molecular formula is C21H19O5. The summed E-state index contributed by atoms with van der Waals surface area (Å²) in [6.07, 6.45) is 6.08. The molecule has 4 rings (SSSR count). The number of fused-ring (bicyclic) bond motifs is 6. The Morgan fingerprint density at radius 2 is 1.92 bits per heavy atom. The van der Waals surface area contributed by atoms with Crippen molar-refractivity contribution >= 4 is 28.0 Å². The summed E-state index contributed by atoms with van der Waals surface area (Å²) in [5.41, 5.74) is 1.20. The van der Waals surface area contributed by atoms with Crippen LogP contribution in [0.2, 0.25) is 0 Å². The standard InChI is InChI=1S/C21H19O5/c1-4-6-12-10-16(23)26-21-17(12)19-14(8-7-13(5-2)25-19)20-18(21)15(22)9-11(3)24-20/h7-9,13H,4-6H2,1-3H3. The molecule has 0 amide bonds. The van der Waals surface area contributed by atoms with Crippen LogP contribution < -0.4 is 15.8 Å². The Morgan fingerprint density at radius 3 is 2.65 bits per heavy atom. The van der Waals surface area contributed by atoms with Crippen LogP contribution in [-0.2, 0) is 6.42 Å². The van der Waals surface area contributed by atoms with Gasteiger partial charge in [-0.05, 0) is 37.5 Å². The molecule has 1 unspecified atom stereocenters. The predicted octanol–water partition coefficient (Wildman–Crippen LogP) is 4.14. The van der Waals surface area contributed by atoms with Crippen LogP contribution in [0.5, 0.6) is 5.75 Å². The molecule has 0 N–H and O–H groups in total. The summed E-state index contributed by atoms with van der Waals surface area (Å²) in [6, 6.07) is 4.18. The van der Waals surface area contributed by atoms with E-state index < -0.39 is 5.63 Å². The average molecular weight is 351 g/mol. The van der Waals surface area contributed by atoms with Gasteiger partial charge in [0.2, 0.25) is 0 Å². The van der Waals surface area contributed by atoms with Crippen molar-refractivity contribution in [2.24, 2.45) is 0 Å². The highest BCUT2D eigenvalue weighted by atomic mass is 16.5. The highest BCUT2D eigenvalue weighted by Crippen LogP contribution is 2.42. The van der Waals surface area contributed by atoms with Crippen molar-refractivity contribution in [3.8, 4) is 5.75 Å². The number of aryl methyl sites for hydroxylation is 2. The van der Waals surface area contributed by atoms with Crippen molar-refractivity contribution in [3.63, 3.8) is 0 Å². The first-order chi connectivity index (χ1) is 12.5. The quantitative estimate of drug-likeness (QED) is 0.524. The van der Waals surface area contributed by atoms with Crippen molar-refractivity contribution in [3.05, 3.63) is 55.7 Å². The third kappa shape index (κ3) is 2.46. The number of rotatable bonds is 3. The van der Waals surface area contributed by atoms with Gasteiger partial charge in [0.1, 0.15) is 23.0 Å². The fraction of sp³-hybridized carbons (Fsp3) is 0.333. The third-order valence-electron chi connectivity index (χ3n) is 4.64. The molecule has 0 aliphatic carbocycles. The highest BCUT2D eigenvalue weighted by molar-refractivity contribution is 6.10. The largest absolute Gasteiger partial charge is 0.485 e. The Morgan fingerprint density at radius 1 is 1.12 bits per heavy atom. The van der Waals surface area contributed by atoms with Gasteiger partial charge in [0.15, 0.2) is 16.6 Å². The van der Waals surface area contributed by atoms with E-state index in [0.717, 1.165) is 12.8 Å². The van der Waals surface area contributed by atoms with Crippen LogP contribution in [-0.4, -0.2) is 6.10 Å². The molecule has 1 radical (unpaired) electrons. The second-order valence-electron chi connectivity index (χ2n) is 6.54. The second-order valence-corrected chi connectivity index (χ2v) is 6.54. The molecule has 0 spiro atoms. The minimum atomic E-state index is -0.597. The lowest BCUT2D eigenvalue weighted by Crippen LogP contribution is -2.18. The minimum Gasteiger partial charge on any atom is -0.485 e. The summed E-state index contributed by atoms with van der Waals surface area (Å²) in [4.78, 5) is 24.8. The topological polar surface area (TPSA) is 69.7 Å². The molecular weight excluding hydrogens is 332 g/mol. The van der Waals surface area contributed by atoms with E-state index in [4.69, 9.17) is 13.6 Å². The van der Waals surface area contributed by atoms with Gasteiger partial charge in [-0.15, -0.1) is 0 Å². The van der Waals surface area contributed by atoms with Crippen LogP contribution in [0.1, 0.15) is 43.6 Å². The first-order valence-corrected chi connectivity index (χ1v) is 8.87. The lowest BCUT2D eigenvalue weighted by molar-refractivity contribution is 0.244. The fourth-order valence-electron chi connectivity index (χ4n) is 3.49. The first-order valence-electron chi connectivity index (χ1n) is 8.87. The van der Waals surface area contributed by atoms with Gasteiger partial charge >= 0.3 is 5.63 Å². The second kappa shape index (κ2) is 6.16. The average Bonchev–Trinajstić information content (AvgIpc) is 2.60. The SMILES string of the molecule is CCCc1[c]c(=O)oc2c1c1c(c3oc(C)cc(=O)c32)C=CC(CC)O1. The van der Waals surface area contributed by atoms with Crippen LogP contribution in [0.15, 0.2) is 30.6 Å². The van der Waals surface area contributed by atoms with Crippen LogP contribution in [0.3, 0.4) is 0 Å². The van der Waals surface area contributed by atoms with Crippen molar-refractivity contribution in [1.82, 2.24) is 0 Å². The summed E-state index contributed by atoms with van der Waals surface area (Å²) < 4.78 is 17.5. The third-order valence-corrected chi connectivity index (χ3v) is 4.64. The van der Waals surface area contributed by atoms with Gasteiger partial charge in [-0.3, -0.25) is 4.79 Å². The molecule has 0 saturated heterocycles. The normalized spacial score (nSPS) is 16.0. The molecule has 0 saturated carbocycles. The van der Waals surface area contributed by atoms with Gasteiger partial charge < -0.3 is 13.6 Å². The summed E-state index contributed by atoms with van der Waals surface area (Å²) in [7, 11) is 0. The van der Waals surface area contributed by atoms with E-state index in [1.807, 2.05) is 26.0 Å². The monoisotopic (exact) mass is 351 g/mol. The highest BCUT2D eigenvalue weighted by Gasteiger charge is 2.26. The molecule has 1 aliphatic heterocycles. The molecule has 26 heavy (non-hydrogen) atoms. The van der Waals surface area contributed by atoms with Gasteiger partial charge in [0.25, 0.3) is 0 Å². The van der Waals surface area contributed by atoms with E-state index in [9.17, 15) is 9.59 Å². The molecule has 133 valence electrons. The van der Waals surface area contributed by atoms with Gasteiger partial charge in [-0.2, -0.15) is 0 Å². The molecule has 5 nitrogen and oxygen atoms in total. The van der Waals surface area contributed by atoms with E-state index in [1.165, 1.54) is 6.07 Å². The predicted molar refractivity (Wildman–Crippen MR) is 99.8 cm³/mol. The molecule has 2 aromatic heterocycles. The van der Waals surface area contributed by atoms with E-state index in [2.05, 4.69) is 6.07 Å². The lowest BCUT2D eigenvalue weighted by Gasteiger charge is -2.23. The molecule has 0 bridgehead atoms. The van der Waals surface area contributed by atoms with E-state index in [1.54, 1.807) is 6.92 Å². The molecule has 1 aliphatic rings. The zero-order chi connectivity index (χ0) is 18.4. The lowest BCUT2D eigenvalue weighted by atomic mass is 9.96. The summed E-state index contributed by atoms with van der Waals surface area (Å²) in [5.74, 6) is 1.09. The van der Waals surface area contributed by atoms with Crippen molar-refractivity contribution in [2.75, 3.05) is 0 Å². The summed E-state index contributed by atoms with van der Waals surface area (Å²) in [5, 5.41) is 0.920. The van der Waals surface area contributed by atoms with E-state index in [-0.39, 0.29) is 22.5 Å². The minimum absolute atomic E-state index is 0.0823. The van der Waals surface area contributed by atoms with Crippen molar-refractivity contribution in [1.29, 1.82) is 0 Å². The molecule has 0 fully saturated rings. The maximum atomic E-state index is 12.7. The maximum Gasteiger partial charge on any atom is 0.344 e. The number of hydrogen-bond donors (Lipinski definition) is 0. The Bertz CT molecular complexity index is 1160. The Labute approximate surface area is 149 Å². The number of ether oxygens (including phenoxy) is 1. The smallest absolute Gasteiger partial charge is 0.344 e. The molecule has 5 heteroatoms. The zero-order valence-electron chi connectivity index (χ0n) is 15.0. The van der Waals surface area contributed by atoms with Gasteiger partial charge in [0, 0.05) is 6.07 Å².